The molecule has 0 aromatic carbocycles. The first-order chi connectivity index (χ1) is 10.4. The average Bonchev–Trinajstić information content (AvgIpc) is 3.26. The fraction of sp³-hybridized carbons (Fsp3) is 0.571. The van der Waals surface area contributed by atoms with Crippen LogP contribution in [0.1, 0.15) is 25.7 Å². The molecule has 2 aliphatic rings. The van der Waals surface area contributed by atoms with Crippen molar-refractivity contribution in [2.24, 2.45) is 0 Å². The highest BCUT2D eigenvalue weighted by Crippen LogP contribution is 2.18. The molecule has 0 aliphatic carbocycles. The van der Waals surface area contributed by atoms with Crippen LogP contribution in [0.2, 0.25) is 0 Å². The lowest BCUT2D eigenvalue weighted by atomic mass is 10.4. The topological polar surface area (TPSA) is 61.4 Å². The van der Waals surface area contributed by atoms with Crippen molar-refractivity contribution in [3.05, 3.63) is 18.3 Å². The monoisotopic (exact) mass is 287 g/mol. The minimum absolute atomic E-state index is 0.661. The summed E-state index contributed by atoms with van der Waals surface area (Å²) in [7, 11) is 0. The van der Waals surface area contributed by atoms with Crippen LogP contribution in [0.25, 0.3) is 11.2 Å². The molecular weight excluding hydrogens is 268 g/mol. The highest BCUT2D eigenvalue weighted by atomic mass is 16.6. The zero-order valence-corrected chi connectivity index (χ0v) is 12.0. The molecule has 2 aromatic heterocycles. The lowest BCUT2D eigenvalue weighted by Gasteiger charge is -2.17. The lowest BCUT2D eigenvalue weighted by Crippen LogP contribution is -2.41. The Morgan fingerprint density at radius 1 is 1.00 bits per heavy atom. The molecule has 2 fully saturated rings. The number of urea groups is 1. The van der Waals surface area contributed by atoms with E-state index < -0.39 is 0 Å². The predicted molar refractivity (Wildman–Crippen MR) is 77.7 cm³/mol. The number of hydrogen-bond acceptors (Lipinski definition) is 3. The Morgan fingerprint density at radius 2 is 1.67 bits per heavy atom. The van der Waals surface area contributed by atoms with Gasteiger partial charge in [-0.1, -0.05) is 0 Å². The standard InChI is InChI=1S/C14H19N6O/c1-2-9-18(8-1)14(19-10-3-4-11-19)21-20-13-12(16-17-20)6-5-7-15-13/h5-7H,1-4,8-11H2/q+1. The van der Waals surface area contributed by atoms with E-state index in [-0.39, 0.29) is 0 Å². The van der Waals surface area contributed by atoms with Crippen LogP contribution in [-0.4, -0.2) is 62.2 Å². The Labute approximate surface area is 122 Å². The van der Waals surface area contributed by atoms with Crippen molar-refractivity contribution >= 4 is 17.2 Å². The molecule has 2 aliphatic heterocycles. The first-order valence-electron chi connectivity index (χ1n) is 7.63. The van der Waals surface area contributed by atoms with Crippen molar-refractivity contribution in [1.82, 2.24) is 29.9 Å². The molecule has 0 bridgehead atoms. The van der Waals surface area contributed by atoms with Crippen molar-refractivity contribution in [2.75, 3.05) is 26.2 Å². The highest BCUT2D eigenvalue weighted by Gasteiger charge is 2.35. The summed E-state index contributed by atoms with van der Waals surface area (Å²) in [5, 5.41) is 8.19. The minimum atomic E-state index is 0.661. The summed E-state index contributed by atoms with van der Waals surface area (Å²) in [5.41, 5.74) is 1.41. The minimum Gasteiger partial charge on any atom is -0.273 e. The molecule has 0 saturated carbocycles. The molecule has 0 spiro atoms. The fourth-order valence-electron chi connectivity index (χ4n) is 3.02. The molecule has 21 heavy (non-hydrogen) atoms. The second-order valence-corrected chi connectivity index (χ2v) is 5.57. The van der Waals surface area contributed by atoms with Gasteiger partial charge in [0.1, 0.15) is 5.52 Å². The number of nitrogens with zero attached hydrogens (tertiary/aromatic N) is 6. The van der Waals surface area contributed by atoms with Crippen molar-refractivity contribution < 1.29 is 4.53 Å². The fourth-order valence-corrected chi connectivity index (χ4v) is 3.02. The van der Waals surface area contributed by atoms with Crippen LogP contribution in [0, 0.1) is 0 Å². The number of amides is 2. The molecule has 4 heterocycles. The molecule has 0 radical (unpaired) electrons. The van der Waals surface area contributed by atoms with Crippen molar-refractivity contribution in [1.29, 1.82) is 0 Å². The first-order valence-corrected chi connectivity index (χ1v) is 7.63. The second-order valence-electron chi connectivity index (χ2n) is 5.57. The van der Waals surface area contributed by atoms with Crippen LogP contribution >= 0.6 is 0 Å². The third-order valence-corrected chi connectivity index (χ3v) is 4.10. The molecule has 110 valence electrons. The van der Waals surface area contributed by atoms with E-state index >= 15 is 0 Å². The van der Waals surface area contributed by atoms with Crippen LogP contribution in [0.5, 0.6) is 0 Å². The summed E-state index contributed by atoms with van der Waals surface area (Å²) in [6, 6.07) is 4.65. The van der Waals surface area contributed by atoms with Gasteiger partial charge >= 0.3 is 6.03 Å². The van der Waals surface area contributed by atoms with Gasteiger partial charge in [-0.25, -0.2) is 4.98 Å². The molecule has 0 N–H and O–H groups in total. The van der Waals surface area contributed by atoms with Crippen molar-refractivity contribution in [3.63, 3.8) is 0 Å². The zero-order valence-electron chi connectivity index (χ0n) is 12.0. The van der Waals surface area contributed by atoms with E-state index in [0.717, 1.165) is 37.7 Å². The van der Waals surface area contributed by atoms with E-state index in [0.29, 0.717) is 5.65 Å². The third kappa shape index (κ3) is 2.32. The van der Waals surface area contributed by atoms with Crippen LogP contribution < -0.4 is 0 Å². The maximum absolute atomic E-state index is 6.08. The van der Waals surface area contributed by atoms with Gasteiger partial charge in [0.15, 0.2) is 4.85 Å². The SMILES string of the molecule is c1cnc2c(c1)nnn2[O+]=C(N1CCCC1)N1CCCC1. The van der Waals surface area contributed by atoms with Crippen LogP contribution in [-0.2, 0) is 0 Å². The van der Waals surface area contributed by atoms with E-state index in [1.807, 2.05) is 12.1 Å². The zero-order chi connectivity index (χ0) is 14.1. The molecule has 4 rings (SSSR count). The lowest BCUT2D eigenvalue weighted by molar-refractivity contribution is -0.246. The maximum atomic E-state index is 6.08. The van der Waals surface area contributed by atoms with E-state index in [2.05, 4.69) is 25.1 Å². The Kier molecular flexibility index (Phi) is 3.17. The van der Waals surface area contributed by atoms with Crippen LogP contribution in [0.15, 0.2) is 18.3 Å². The number of fused-ring (bicyclic) bond motifs is 1. The van der Waals surface area contributed by atoms with E-state index in [1.54, 1.807) is 6.20 Å². The molecule has 0 atom stereocenters. The quantitative estimate of drug-likeness (QED) is 0.746. The maximum Gasteiger partial charge on any atom is 0.556 e. The van der Waals surface area contributed by atoms with Crippen LogP contribution in [0.4, 0.5) is 4.53 Å². The number of likely N-dealkylation sites (tertiary alicyclic amines) is 2. The van der Waals surface area contributed by atoms with Crippen molar-refractivity contribution in [2.45, 2.75) is 25.7 Å². The van der Waals surface area contributed by atoms with Gasteiger partial charge in [0, 0.05) is 37.6 Å². The summed E-state index contributed by atoms with van der Waals surface area (Å²) < 4.78 is 6.08. The van der Waals surface area contributed by atoms with E-state index in [1.165, 1.54) is 30.5 Å². The van der Waals surface area contributed by atoms with Gasteiger partial charge in [0.05, 0.1) is 0 Å². The summed E-state index contributed by atoms with van der Waals surface area (Å²) in [4.78, 5) is 10.4. The number of aromatic nitrogens is 4. The number of rotatable bonds is 1. The van der Waals surface area contributed by atoms with Crippen molar-refractivity contribution in [3.8, 4) is 0 Å². The number of hydrogen-bond donors (Lipinski definition) is 0. The molecule has 7 nitrogen and oxygen atoms in total. The normalized spacial score (nSPS) is 18.7. The highest BCUT2D eigenvalue weighted by molar-refractivity contribution is 5.76. The molecule has 7 heteroatoms. The van der Waals surface area contributed by atoms with Gasteiger partial charge in [-0.3, -0.25) is 9.80 Å². The Morgan fingerprint density at radius 3 is 2.33 bits per heavy atom. The number of carbonyl (C=O) groups excluding carboxylic acids is 1. The summed E-state index contributed by atoms with van der Waals surface area (Å²) in [6.45, 7) is 4.19. The van der Waals surface area contributed by atoms with E-state index in [4.69, 9.17) is 4.53 Å². The average molecular weight is 287 g/mol. The third-order valence-electron chi connectivity index (χ3n) is 4.10. The van der Waals surface area contributed by atoms with Gasteiger partial charge in [0.25, 0.3) is 5.65 Å². The van der Waals surface area contributed by atoms with E-state index in [9.17, 15) is 0 Å². The molecule has 0 unspecified atom stereocenters. The molecule has 2 saturated heterocycles. The van der Waals surface area contributed by atoms with Crippen LogP contribution in [0.3, 0.4) is 0 Å². The molecular formula is C14H19N6O+. The van der Waals surface area contributed by atoms with Gasteiger partial charge in [-0.2, -0.15) is 0 Å². The van der Waals surface area contributed by atoms with Gasteiger partial charge < -0.3 is 0 Å². The Hall–Kier alpha value is -2.18. The second kappa shape index (κ2) is 5.31. The summed E-state index contributed by atoms with van der Waals surface area (Å²) in [5.74, 6) is 0. The van der Waals surface area contributed by atoms with Gasteiger partial charge in [0.2, 0.25) is 0 Å². The van der Waals surface area contributed by atoms with Gasteiger partial charge in [-0.15, -0.1) is 5.10 Å². The number of pyridine rings is 1. The Bertz CT molecular complexity index is 636. The molecule has 2 aromatic rings. The summed E-state index contributed by atoms with van der Waals surface area (Å²) >= 11 is 0. The Balaban J connectivity index is 1.74. The summed E-state index contributed by atoms with van der Waals surface area (Å²) in [6.07, 6.45) is 6.61. The largest absolute Gasteiger partial charge is 0.556 e. The van der Waals surface area contributed by atoms with Gasteiger partial charge in [-0.05, 0) is 42.3 Å². The predicted octanol–water partition coefficient (Wildman–Crippen LogP) is 1.44. The molecule has 2 amide bonds. The first kappa shape index (κ1) is 12.6. The smallest absolute Gasteiger partial charge is 0.273 e.